The van der Waals surface area contributed by atoms with Gasteiger partial charge in [-0.25, -0.2) is 0 Å². The highest BCUT2D eigenvalue weighted by Gasteiger charge is 2.44. The molecule has 1 aliphatic rings. The van der Waals surface area contributed by atoms with Crippen molar-refractivity contribution in [1.82, 2.24) is 0 Å². The summed E-state index contributed by atoms with van der Waals surface area (Å²) >= 11 is 0. The minimum absolute atomic E-state index is 0.314. The van der Waals surface area contributed by atoms with E-state index in [9.17, 15) is 9.36 Å². The van der Waals surface area contributed by atoms with Crippen LogP contribution in [-0.2, 0) is 18.8 Å². The summed E-state index contributed by atoms with van der Waals surface area (Å²) in [6.45, 7) is 8.15. The second kappa shape index (κ2) is 8.95. The Hall–Kier alpha value is -0.340. The third kappa shape index (κ3) is 5.10. The van der Waals surface area contributed by atoms with Gasteiger partial charge in [-0.05, 0) is 40.0 Å². The third-order valence-corrected chi connectivity index (χ3v) is 6.88. The van der Waals surface area contributed by atoms with Gasteiger partial charge in [0.05, 0.1) is 6.61 Å². The van der Waals surface area contributed by atoms with Gasteiger partial charge in [0.15, 0.2) is 0 Å². The summed E-state index contributed by atoms with van der Waals surface area (Å²) in [6.07, 6.45) is 6.63. The van der Waals surface area contributed by atoms with Gasteiger partial charge >= 0.3 is 5.97 Å². The second-order valence-corrected chi connectivity index (χ2v) is 8.87. The van der Waals surface area contributed by atoms with Gasteiger partial charge in [0.1, 0.15) is 18.8 Å². The van der Waals surface area contributed by atoms with Crippen LogP contribution in [-0.4, -0.2) is 30.2 Å². The van der Waals surface area contributed by atoms with Gasteiger partial charge in [-0.1, -0.05) is 32.1 Å². The van der Waals surface area contributed by atoms with Crippen LogP contribution in [0.25, 0.3) is 0 Å². The van der Waals surface area contributed by atoms with Crippen LogP contribution in [0.3, 0.4) is 0 Å². The molecule has 0 spiro atoms. The van der Waals surface area contributed by atoms with Gasteiger partial charge in [0.2, 0.25) is 0 Å². The summed E-state index contributed by atoms with van der Waals surface area (Å²) in [5.74, 6) is -0.208. The largest absolute Gasteiger partial charge is 0.465 e. The molecular weight excluding hydrogens is 287 g/mol. The number of hydrogen-bond acceptors (Lipinski definition) is 4. The maximum Gasteiger partial charge on any atom is 0.319 e. The van der Waals surface area contributed by atoms with E-state index in [2.05, 4.69) is 0 Å². The first-order chi connectivity index (χ1) is 9.95. The molecule has 0 saturated heterocycles. The van der Waals surface area contributed by atoms with Crippen molar-refractivity contribution in [1.29, 1.82) is 0 Å². The molecule has 0 aliphatic heterocycles. The van der Waals surface area contributed by atoms with E-state index in [4.69, 9.17) is 9.47 Å². The average Bonchev–Trinajstić information content (AvgIpc) is 2.47. The lowest BCUT2D eigenvalue weighted by Gasteiger charge is -2.34. The van der Waals surface area contributed by atoms with E-state index in [0.717, 1.165) is 12.8 Å². The molecule has 5 heteroatoms. The molecule has 3 unspecified atom stereocenters. The van der Waals surface area contributed by atoms with Crippen molar-refractivity contribution in [3.63, 3.8) is 0 Å². The smallest absolute Gasteiger partial charge is 0.319 e. The van der Waals surface area contributed by atoms with Crippen LogP contribution in [0.15, 0.2) is 0 Å². The first-order valence-electron chi connectivity index (χ1n) is 8.28. The van der Waals surface area contributed by atoms with E-state index in [-0.39, 0.29) is 11.8 Å². The van der Waals surface area contributed by atoms with E-state index in [1.165, 1.54) is 19.3 Å². The molecule has 0 aromatic carbocycles. The maximum absolute atomic E-state index is 12.9. The standard InChI is InChI=1S/C16H31O4P/c1-5-19-13(3)21(18)16(4,15(17)20-6-2)12-14-10-8-7-9-11-14/h13-14,21H,5-12H2,1-4H3. The lowest BCUT2D eigenvalue weighted by molar-refractivity contribution is -0.146. The highest BCUT2D eigenvalue weighted by Crippen LogP contribution is 2.49. The Labute approximate surface area is 129 Å². The number of hydrogen-bond donors (Lipinski definition) is 0. The Kier molecular flexibility index (Phi) is 7.97. The summed E-state index contributed by atoms with van der Waals surface area (Å²) in [5.41, 5.74) is 0. The topological polar surface area (TPSA) is 52.6 Å². The van der Waals surface area contributed by atoms with E-state index in [1.807, 2.05) is 20.8 Å². The molecule has 1 rings (SSSR count). The third-order valence-electron chi connectivity index (χ3n) is 4.48. The van der Waals surface area contributed by atoms with Crippen LogP contribution < -0.4 is 0 Å². The van der Waals surface area contributed by atoms with E-state index in [0.29, 0.717) is 25.6 Å². The van der Waals surface area contributed by atoms with Crippen LogP contribution in [0.5, 0.6) is 0 Å². The molecule has 124 valence electrons. The average molecular weight is 318 g/mol. The zero-order chi connectivity index (χ0) is 15.9. The summed E-state index contributed by atoms with van der Waals surface area (Å²) in [4.78, 5) is 12.4. The van der Waals surface area contributed by atoms with Gasteiger partial charge in [0, 0.05) is 6.61 Å². The highest BCUT2D eigenvalue weighted by molar-refractivity contribution is 7.48. The van der Waals surface area contributed by atoms with Crippen LogP contribution >= 0.6 is 7.80 Å². The lowest BCUT2D eigenvalue weighted by atomic mass is 9.83. The molecule has 3 atom stereocenters. The predicted octanol–water partition coefficient (Wildman–Crippen LogP) is 4.22. The Balaban J connectivity index is 2.87. The molecular formula is C16H31O4P. The Morgan fingerprint density at radius 2 is 1.86 bits per heavy atom. The first-order valence-corrected chi connectivity index (χ1v) is 9.77. The number of carbonyl (C=O) groups excluding carboxylic acids is 1. The molecule has 0 heterocycles. The minimum Gasteiger partial charge on any atom is -0.465 e. The van der Waals surface area contributed by atoms with Gasteiger partial charge in [-0.3, -0.25) is 4.79 Å². The van der Waals surface area contributed by atoms with Crippen molar-refractivity contribution in [2.45, 2.75) is 77.2 Å². The fourth-order valence-electron chi connectivity index (χ4n) is 3.32. The van der Waals surface area contributed by atoms with Crippen LogP contribution in [0.4, 0.5) is 0 Å². The molecule has 4 nitrogen and oxygen atoms in total. The van der Waals surface area contributed by atoms with Crippen molar-refractivity contribution in [2.24, 2.45) is 5.92 Å². The van der Waals surface area contributed by atoms with Gasteiger partial charge in [-0.2, -0.15) is 0 Å². The molecule has 21 heavy (non-hydrogen) atoms. The Morgan fingerprint density at radius 3 is 2.38 bits per heavy atom. The first kappa shape index (κ1) is 18.7. The molecule has 1 saturated carbocycles. The normalized spacial score (nSPS) is 22.3. The Morgan fingerprint density at radius 1 is 1.24 bits per heavy atom. The van der Waals surface area contributed by atoms with Crippen molar-refractivity contribution >= 4 is 13.8 Å². The lowest BCUT2D eigenvalue weighted by Crippen LogP contribution is -2.38. The number of esters is 1. The minimum atomic E-state index is -2.23. The van der Waals surface area contributed by atoms with Crippen molar-refractivity contribution in [3.05, 3.63) is 0 Å². The summed E-state index contributed by atoms with van der Waals surface area (Å²) in [5, 5.41) is -0.892. The van der Waals surface area contributed by atoms with Crippen molar-refractivity contribution < 1.29 is 18.8 Å². The van der Waals surface area contributed by atoms with Crippen LogP contribution in [0.2, 0.25) is 0 Å². The molecule has 0 N–H and O–H groups in total. The molecule has 0 aromatic rings. The Bertz CT molecular complexity index is 352. The van der Waals surface area contributed by atoms with E-state index >= 15 is 0 Å². The molecule has 1 aliphatic carbocycles. The summed E-state index contributed by atoms with van der Waals surface area (Å²) in [7, 11) is -2.23. The second-order valence-electron chi connectivity index (χ2n) is 6.22. The zero-order valence-corrected chi connectivity index (χ0v) is 14.9. The predicted molar refractivity (Wildman–Crippen MR) is 86.3 cm³/mol. The molecule has 0 amide bonds. The highest BCUT2D eigenvalue weighted by atomic mass is 31.1. The fraction of sp³-hybridized carbons (Fsp3) is 0.938. The van der Waals surface area contributed by atoms with Crippen LogP contribution in [0, 0.1) is 5.92 Å². The molecule has 0 radical (unpaired) electrons. The van der Waals surface area contributed by atoms with E-state index < -0.39 is 13.0 Å². The molecule has 0 aromatic heterocycles. The van der Waals surface area contributed by atoms with Gasteiger partial charge in [-0.15, -0.1) is 0 Å². The number of rotatable bonds is 8. The number of ether oxygens (including phenoxy) is 2. The molecule has 0 bridgehead atoms. The summed E-state index contributed by atoms with van der Waals surface area (Å²) in [6, 6.07) is 0. The quantitative estimate of drug-likeness (QED) is 0.496. The van der Waals surface area contributed by atoms with Crippen molar-refractivity contribution in [2.75, 3.05) is 13.2 Å². The fourth-order valence-corrected chi connectivity index (χ4v) is 5.30. The maximum atomic E-state index is 12.9. The SMILES string of the molecule is CCOC(=O)C(C)(CC1CCCCC1)[PH](=O)C(C)OCC. The monoisotopic (exact) mass is 318 g/mol. The van der Waals surface area contributed by atoms with Crippen molar-refractivity contribution in [3.8, 4) is 0 Å². The number of carbonyl (C=O) groups is 1. The van der Waals surface area contributed by atoms with Gasteiger partial charge < -0.3 is 14.0 Å². The van der Waals surface area contributed by atoms with Gasteiger partial charge in [0.25, 0.3) is 0 Å². The van der Waals surface area contributed by atoms with Crippen LogP contribution in [0.1, 0.15) is 66.2 Å². The molecule has 1 fully saturated rings. The summed E-state index contributed by atoms with van der Waals surface area (Å²) < 4.78 is 23.6. The van der Waals surface area contributed by atoms with E-state index in [1.54, 1.807) is 6.92 Å². The zero-order valence-electron chi connectivity index (χ0n) is 13.9.